The number of hydrogen-bond donors (Lipinski definition) is 1. The predicted molar refractivity (Wildman–Crippen MR) is 44.9 cm³/mol. The molecule has 0 aromatic rings. The summed E-state index contributed by atoms with van der Waals surface area (Å²) >= 11 is 0. The fourth-order valence-corrected chi connectivity index (χ4v) is 0.587. The molecule has 0 spiro atoms. The number of rotatable bonds is 2. The van der Waals surface area contributed by atoms with Gasteiger partial charge < -0.3 is 5.11 Å². The average molecular weight is 142 g/mol. The zero-order valence-corrected chi connectivity index (χ0v) is 7.44. The topological polar surface area (TPSA) is 20.2 Å². The van der Waals surface area contributed by atoms with Gasteiger partial charge in [-0.05, 0) is 18.8 Å². The maximum Gasteiger partial charge on any atom is 0.0701 e. The lowest BCUT2D eigenvalue weighted by Crippen LogP contribution is -2.38. The van der Waals surface area contributed by atoms with Crippen molar-refractivity contribution in [2.75, 3.05) is 0 Å². The van der Waals surface area contributed by atoms with E-state index in [2.05, 4.69) is 6.58 Å². The Balaban J connectivity index is 4.23. The molecule has 1 heteroatoms. The van der Waals surface area contributed by atoms with Crippen LogP contribution in [0.5, 0.6) is 0 Å². The van der Waals surface area contributed by atoms with Gasteiger partial charge in [0.2, 0.25) is 0 Å². The Morgan fingerprint density at radius 3 is 1.80 bits per heavy atom. The van der Waals surface area contributed by atoms with Crippen LogP contribution in [0.1, 0.15) is 34.1 Å². The van der Waals surface area contributed by atoms with Crippen molar-refractivity contribution in [2.45, 2.75) is 39.7 Å². The molecule has 0 fully saturated rings. The summed E-state index contributed by atoms with van der Waals surface area (Å²) in [7, 11) is 0. The van der Waals surface area contributed by atoms with Crippen LogP contribution in [-0.4, -0.2) is 10.7 Å². The first-order valence-corrected chi connectivity index (χ1v) is 3.64. The van der Waals surface area contributed by atoms with E-state index in [1.54, 1.807) is 6.08 Å². The highest BCUT2D eigenvalue weighted by Gasteiger charge is 2.33. The second-order valence-corrected chi connectivity index (χ2v) is 4.02. The van der Waals surface area contributed by atoms with E-state index >= 15 is 0 Å². The van der Waals surface area contributed by atoms with Crippen molar-refractivity contribution in [3.05, 3.63) is 12.7 Å². The van der Waals surface area contributed by atoms with Crippen molar-refractivity contribution < 1.29 is 5.11 Å². The van der Waals surface area contributed by atoms with Gasteiger partial charge >= 0.3 is 0 Å². The van der Waals surface area contributed by atoms with E-state index < -0.39 is 5.60 Å². The Morgan fingerprint density at radius 2 is 1.70 bits per heavy atom. The van der Waals surface area contributed by atoms with E-state index in [-0.39, 0.29) is 5.41 Å². The normalized spacial score (nSPS) is 18.1. The molecule has 1 nitrogen and oxygen atoms in total. The first kappa shape index (κ1) is 9.70. The Bertz CT molecular complexity index is 117. The van der Waals surface area contributed by atoms with E-state index in [4.69, 9.17) is 0 Å². The van der Waals surface area contributed by atoms with Gasteiger partial charge in [-0.1, -0.05) is 26.8 Å². The molecule has 0 unspecified atom stereocenters. The molecule has 0 aliphatic rings. The molecule has 60 valence electrons. The molecule has 0 rings (SSSR count). The third-order valence-corrected chi connectivity index (χ3v) is 2.16. The summed E-state index contributed by atoms with van der Waals surface area (Å²) in [4.78, 5) is 0. The third kappa shape index (κ3) is 2.14. The highest BCUT2D eigenvalue weighted by atomic mass is 16.3. The molecule has 0 heterocycles. The van der Waals surface area contributed by atoms with Crippen LogP contribution in [0.25, 0.3) is 0 Å². The molecule has 1 atom stereocenters. The molecule has 0 aromatic heterocycles. The lowest BCUT2D eigenvalue weighted by Gasteiger charge is -2.36. The lowest BCUT2D eigenvalue weighted by atomic mass is 9.76. The molecule has 10 heavy (non-hydrogen) atoms. The summed E-state index contributed by atoms with van der Waals surface area (Å²) in [5.41, 5.74) is -0.698. The maximum atomic E-state index is 9.78. The Hall–Kier alpha value is -0.300. The van der Waals surface area contributed by atoms with Crippen molar-refractivity contribution in [3.8, 4) is 0 Å². The van der Waals surface area contributed by atoms with E-state index in [1.165, 1.54) is 0 Å². The van der Waals surface area contributed by atoms with Gasteiger partial charge in [0.15, 0.2) is 0 Å². The standard InChI is InChI=1S/C9H18O/c1-6-7-9(5,10)8(2,3)4/h6,10H,1,7H2,2-5H3/t9-/m0/s1. The molecular formula is C9H18O. The molecule has 0 aliphatic carbocycles. The van der Waals surface area contributed by atoms with Crippen LogP contribution in [0.15, 0.2) is 12.7 Å². The zero-order chi connectivity index (χ0) is 8.41. The monoisotopic (exact) mass is 142 g/mol. The number of hydrogen-bond acceptors (Lipinski definition) is 1. The van der Waals surface area contributed by atoms with Crippen LogP contribution in [0.3, 0.4) is 0 Å². The molecule has 0 saturated carbocycles. The van der Waals surface area contributed by atoms with Crippen LogP contribution < -0.4 is 0 Å². The van der Waals surface area contributed by atoms with Gasteiger partial charge in [0.1, 0.15) is 0 Å². The van der Waals surface area contributed by atoms with Crippen LogP contribution in [0, 0.1) is 5.41 Å². The molecule has 0 radical (unpaired) electrons. The van der Waals surface area contributed by atoms with E-state index in [1.807, 2.05) is 27.7 Å². The van der Waals surface area contributed by atoms with E-state index in [9.17, 15) is 5.11 Å². The zero-order valence-electron chi connectivity index (χ0n) is 7.44. The van der Waals surface area contributed by atoms with Gasteiger partial charge in [0.25, 0.3) is 0 Å². The second-order valence-electron chi connectivity index (χ2n) is 4.02. The minimum absolute atomic E-state index is 0.0683. The van der Waals surface area contributed by atoms with Gasteiger partial charge in [-0.25, -0.2) is 0 Å². The van der Waals surface area contributed by atoms with E-state index in [0.717, 1.165) is 0 Å². The van der Waals surface area contributed by atoms with Gasteiger partial charge in [0.05, 0.1) is 5.60 Å². The molecule has 0 amide bonds. The van der Waals surface area contributed by atoms with Crippen LogP contribution in [0.4, 0.5) is 0 Å². The maximum absolute atomic E-state index is 9.78. The van der Waals surface area contributed by atoms with Crippen LogP contribution in [-0.2, 0) is 0 Å². The number of aliphatic hydroxyl groups is 1. The summed E-state index contributed by atoms with van der Waals surface area (Å²) in [5, 5.41) is 9.78. The summed E-state index contributed by atoms with van der Waals surface area (Å²) < 4.78 is 0. The smallest absolute Gasteiger partial charge is 0.0701 e. The summed E-state index contributed by atoms with van der Waals surface area (Å²) in [5.74, 6) is 0. The highest BCUT2D eigenvalue weighted by molar-refractivity contribution is 4.91. The largest absolute Gasteiger partial charge is 0.389 e. The van der Waals surface area contributed by atoms with Gasteiger partial charge in [-0.15, -0.1) is 6.58 Å². The lowest BCUT2D eigenvalue weighted by molar-refractivity contribution is -0.0382. The van der Waals surface area contributed by atoms with Crippen LogP contribution >= 0.6 is 0 Å². The quantitative estimate of drug-likeness (QED) is 0.587. The highest BCUT2D eigenvalue weighted by Crippen LogP contribution is 2.32. The van der Waals surface area contributed by atoms with E-state index in [0.29, 0.717) is 6.42 Å². The average Bonchev–Trinajstić information content (AvgIpc) is 1.61. The fraction of sp³-hybridized carbons (Fsp3) is 0.778. The van der Waals surface area contributed by atoms with Gasteiger partial charge in [-0.3, -0.25) is 0 Å². The first-order chi connectivity index (χ1) is 4.31. The molecule has 1 N–H and O–H groups in total. The van der Waals surface area contributed by atoms with Crippen molar-refractivity contribution >= 4 is 0 Å². The van der Waals surface area contributed by atoms with Crippen molar-refractivity contribution in [3.63, 3.8) is 0 Å². The summed E-state index contributed by atoms with van der Waals surface area (Å²) in [6.07, 6.45) is 2.40. The Labute approximate surface area is 63.8 Å². The molecule has 0 aliphatic heterocycles. The predicted octanol–water partition coefficient (Wildman–Crippen LogP) is 2.36. The van der Waals surface area contributed by atoms with Crippen molar-refractivity contribution in [1.29, 1.82) is 0 Å². The SMILES string of the molecule is C=CC[C@](C)(O)C(C)(C)C. The second kappa shape index (κ2) is 2.75. The Morgan fingerprint density at radius 1 is 1.30 bits per heavy atom. The molecule has 0 aromatic carbocycles. The van der Waals surface area contributed by atoms with Gasteiger partial charge in [0, 0.05) is 0 Å². The van der Waals surface area contributed by atoms with Crippen molar-refractivity contribution in [2.24, 2.45) is 5.41 Å². The van der Waals surface area contributed by atoms with Crippen molar-refractivity contribution in [1.82, 2.24) is 0 Å². The summed E-state index contributed by atoms with van der Waals surface area (Å²) in [6.45, 7) is 11.5. The molecular weight excluding hydrogens is 124 g/mol. The Kier molecular flexibility index (Phi) is 2.67. The first-order valence-electron chi connectivity index (χ1n) is 3.64. The fourth-order valence-electron chi connectivity index (χ4n) is 0.587. The minimum Gasteiger partial charge on any atom is -0.389 e. The molecule has 0 saturated heterocycles. The van der Waals surface area contributed by atoms with Gasteiger partial charge in [-0.2, -0.15) is 0 Å². The van der Waals surface area contributed by atoms with Crippen LogP contribution in [0.2, 0.25) is 0 Å². The minimum atomic E-state index is -0.630. The summed E-state index contributed by atoms with van der Waals surface area (Å²) in [6, 6.07) is 0. The third-order valence-electron chi connectivity index (χ3n) is 2.16. The molecule has 0 bridgehead atoms.